The molecule has 0 aliphatic carbocycles. The lowest BCUT2D eigenvalue weighted by molar-refractivity contribution is -0.117. The highest BCUT2D eigenvalue weighted by atomic mass is 35.5. The molecular formula is C20H23ClN2O5S. The summed E-state index contributed by atoms with van der Waals surface area (Å²) in [5.74, 6) is -1.05. The summed E-state index contributed by atoms with van der Waals surface area (Å²) in [7, 11) is -2.51. The number of anilines is 2. The quantitative estimate of drug-likeness (QED) is 0.666. The van der Waals surface area contributed by atoms with Crippen molar-refractivity contribution < 1.29 is 22.7 Å². The second-order valence-corrected chi connectivity index (χ2v) is 8.72. The van der Waals surface area contributed by atoms with Gasteiger partial charge in [-0.3, -0.25) is 9.10 Å². The highest BCUT2D eigenvalue weighted by Gasteiger charge is 2.32. The summed E-state index contributed by atoms with van der Waals surface area (Å²) >= 11 is 6.01. The van der Waals surface area contributed by atoms with Crippen molar-refractivity contribution in [2.45, 2.75) is 26.3 Å². The summed E-state index contributed by atoms with van der Waals surface area (Å²) in [5.41, 5.74) is 1.53. The van der Waals surface area contributed by atoms with E-state index in [1.165, 1.54) is 13.2 Å². The van der Waals surface area contributed by atoms with E-state index in [1.807, 2.05) is 0 Å². The zero-order chi connectivity index (χ0) is 21.8. The van der Waals surface area contributed by atoms with Crippen molar-refractivity contribution in [2.75, 3.05) is 23.0 Å². The van der Waals surface area contributed by atoms with E-state index in [0.29, 0.717) is 27.5 Å². The number of hydrogen-bond donors (Lipinski definition) is 1. The number of nitrogens with zero attached hydrogens (tertiary/aromatic N) is 1. The van der Waals surface area contributed by atoms with Crippen LogP contribution in [0.15, 0.2) is 42.5 Å². The number of esters is 1. The predicted octanol–water partition coefficient (Wildman–Crippen LogP) is 3.62. The molecule has 0 heterocycles. The van der Waals surface area contributed by atoms with Gasteiger partial charge >= 0.3 is 5.97 Å². The Morgan fingerprint density at radius 1 is 1.21 bits per heavy atom. The number of methoxy groups -OCH3 is 1. The molecule has 7 nitrogen and oxygen atoms in total. The number of amides is 1. The fraction of sp³-hybridized carbons (Fsp3) is 0.300. The van der Waals surface area contributed by atoms with Gasteiger partial charge in [0.25, 0.3) is 0 Å². The van der Waals surface area contributed by atoms with Gasteiger partial charge < -0.3 is 10.1 Å². The first-order valence-electron chi connectivity index (χ1n) is 8.83. The fourth-order valence-electron chi connectivity index (χ4n) is 2.99. The SMILES string of the molecule is CC[C@H](C(=O)Nc1cccc(C(=O)OC)c1C)N(c1cccc(Cl)c1)S(C)(=O)=O. The van der Waals surface area contributed by atoms with Crippen molar-refractivity contribution >= 4 is 44.9 Å². The predicted molar refractivity (Wildman–Crippen MR) is 114 cm³/mol. The van der Waals surface area contributed by atoms with Gasteiger partial charge in [-0.2, -0.15) is 0 Å². The minimum Gasteiger partial charge on any atom is -0.465 e. The van der Waals surface area contributed by atoms with Crippen LogP contribution in [-0.4, -0.2) is 39.7 Å². The molecule has 0 aliphatic rings. The molecule has 2 aromatic carbocycles. The van der Waals surface area contributed by atoms with Gasteiger partial charge in [-0.05, 0) is 49.2 Å². The maximum atomic E-state index is 13.0. The van der Waals surface area contributed by atoms with Gasteiger partial charge in [-0.15, -0.1) is 0 Å². The molecule has 0 aromatic heterocycles. The Hall–Kier alpha value is -2.58. The zero-order valence-electron chi connectivity index (χ0n) is 16.6. The number of sulfonamides is 1. The van der Waals surface area contributed by atoms with E-state index >= 15 is 0 Å². The molecule has 2 rings (SSSR count). The first kappa shape index (κ1) is 22.7. The first-order valence-corrected chi connectivity index (χ1v) is 11.1. The summed E-state index contributed by atoms with van der Waals surface area (Å²) in [4.78, 5) is 24.9. The minimum absolute atomic E-state index is 0.223. The molecule has 0 saturated heterocycles. The summed E-state index contributed by atoms with van der Waals surface area (Å²) < 4.78 is 30.8. The number of hydrogen-bond acceptors (Lipinski definition) is 5. The van der Waals surface area contributed by atoms with Crippen molar-refractivity contribution in [3.8, 4) is 0 Å². The summed E-state index contributed by atoms with van der Waals surface area (Å²) in [6.45, 7) is 3.39. The standard InChI is InChI=1S/C20H23ClN2O5S/c1-5-18(23(29(4,26)27)15-9-6-8-14(21)12-15)19(24)22-17-11-7-10-16(13(17)2)20(25)28-3/h6-12,18H,5H2,1-4H3,(H,22,24)/t18-/m1/s1. The van der Waals surface area contributed by atoms with E-state index in [1.54, 1.807) is 50.2 Å². The van der Waals surface area contributed by atoms with E-state index < -0.39 is 27.9 Å². The van der Waals surface area contributed by atoms with Gasteiger partial charge in [-0.1, -0.05) is 30.7 Å². The minimum atomic E-state index is -3.78. The van der Waals surface area contributed by atoms with Crippen LogP contribution in [0, 0.1) is 6.92 Å². The summed E-state index contributed by atoms with van der Waals surface area (Å²) in [5, 5.41) is 3.09. The molecule has 0 radical (unpaired) electrons. The van der Waals surface area contributed by atoms with Crippen LogP contribution in [0.2, 0.25) is 5.02 Å². The average Bonchev–Trinajstić information content (AvgIpc) is 2.65. The summed E-state index contributed by atoms with van der Waals surface area (Å²) in [6, 6.07) is 10.1. The van der Waals surface area contributed by atoms with Crippen molar-refractivity contribution in [1.82, 2.24) is 0 Å². The molecule has 1 N–H and O–H groups in total. The Balaban J connectivity index is 2.42. The van der Waals surface area contributed by atoms with E-state index in [0.717, 1.165) is 10.6 Å². The molecule has 1 atom stereocenters. The molecule has 0 aliphatic heterocycles. The Bertz CT molecular complexity index is 1020. The van der Waals surface area contributed by atoms with E-state index in [9.17, 15) is 18.0 Å². The smallest absolute Gasteiger partial charge is 0.338 e. The maximum Gasteiger partial charge on any atom is 0.338 e. The second kappa shape index (κ2) is 9.28. The molecular weight excluding hydrogens is 416 g/mol. The number of rotatable bonds is 7. The number of ether oxygens (including phenoxy) is 1. The van der Waals surface area contributed by atoms with E-state index in [-0.39, 0.29) is 6.42 Å². The molecule has 29 heavy (non-hydrogen) atoms. The van der Waals surface area contributed by atoms with Crippen LogP contribution in [0.3, 0.4) is 0 Å². The maximum absolute atomic E-state index is 13.0. The second-order valence-electron chi connectivity index (χ2n) is 6.42. The van der Waals surface area contributed by atoms with Crippen molar-refractivity contribution in [3.05, 3.63) is 58.6 Å². The lowest BCUT2D eigenvalue weighted by Crippen LogP contribution is -2.47. The van der Waals surface area contributed by atoms with E-state index in [2.05, 4.69) is 5.32 Å². The largest absolute Gasteiger partial charge is 0.465 e. The van der Waals surface area contributed by atoms with Crippen LogP contribution in [0.25, 0.3) is 0 Å². The van der Waals surface area contributed by atoms with Crippen LogP contribution >= 0.6 is 11.6 Å². The highest BCUT2D eigenvalue weighted by molar-refractivity contribution is 7.92. The van der Waals surface area contributed by atoms with Crippen LogP contribution in [-0.2, 0) is 19.6 Å². The molecule has 2 aromatic rings. The molecule has 0 spiro atoms. The molecule has 1 amide bonds. The molecule has 0 bridgehead atoms. The average molecular weight is 439 g/mol. The molecule has 9 heteroatoms. The van der Waals surface area contributed by atoms with Gasteiger partial charge in [0.05, 0.1) is 24.6 Å². The third-order valence-corrected chi connectivity index (χ3v) is 5.80. The number of halogens is 1. The molecule has 0 saturated carbocycles. The fourth-order valence-corrected chi connectivity index (χ4v) is 4.38. The third-order valence-electron chi connectivity index (χ3n) is 4.39. The number of benzene rings is 2. The Morgan fingerprint density at radius 2 is 1.86 bits per heavy atom. The topological polar surface area (TPSA) is 92.8 Å². The molecule has 156 valence electrons. The van der Waals surface area contributed by atoms with Crippen molar-refractivity contribution in [3.63, 3.8) is 0 Å². The van der Waals surface area contributed by atoms with Crippen LogP contribution in [0.1, 0.15) is 29.3 Å². The van der Waals surface area contributed by atoms with Crippen molar-refractivity contribution in [2.24, 2.45) is 0 Å². The Labute approximate surface area is 175 Å². The van der Waals surface area contributed by atoms with Crippen LogP contribution < -0.4 is 9.62 Å². The van der Waals surface area contributed by atoms with Crippen LogP contribution in [0.4, 0.5) is 11.4 Å². The highest BCUT2D eigenvalue weighted by Crippen LogP contribution is 2.27. The summed E-state index contributed by atoms with van der Waals surface area (Å²) in [6.07, 6.45) is 1.26. The van der Waals surface area contributed by atoms with Gasteiger partial charge in [0, 0.05) is 10.7 Å². The molecule has 0 fully saturated rings. The van der Waals surface area contributed by atoms with Gasteiger partial charge in [0.15, 0.2) is 0 Å². The van der Waals surface area contributed by atoms with Crippen LogP contribution in [0.5, 0.6) is 0 Å². The van der Waals surface area contributed by atoms with Gasteiger partial charge in [-0.25, -0.2) is 13.2 Å². The van der Waals surface area contributed by atoms with Gasteiger partial charge in [0.2, 0.25) is 15.9 Å². The normalized spacial score (nSPS) is 12.2. The zero-order valence-corrected chi connectivity index (χ0v) is 18.2. The van der Waals surface area contributed by atoms with Crippen molar-refractivity contribution in [1.29, 1.82) is 0 Å². The van der Waals surface area contributed by atoms with E-state index in [4.69, 9.17) is 16.3 Å². The lowest BCUT2D eigenvalue weighted by atomic mass is 10.1. The Kier molecular flexibility index (Phi) is 7.26. The third kappa shape index (κ3) is 5.27. The number of nitrogens with one attached hydrogen (secondary N) is 1. The van der Waals surface area contributed by atoms with Gasteiger partial charge in [0.1, 0.15) is 6.04 Å². The monoisotopic (exact) mass is 438 g/mol. The Morgan fingerprint density at radius 3 is 2.41 bits per heavy atom. The number of carbonyl (C=O) groups excluding carboxylic acids is 2. The first-order chi connectivity index (χ1) is 13.6. The molecule has 0 unspecified atom stereocenters. The number of carbonyl (C=O) groups is 2. The lowest BCUT2D eigenvalue weighted by Gasteiger charge is -2.30.